The zero-order valence-electron chi connectivity index (χ0n) is 12.3. The van der Waals surface area contributed by atoms with E-state index in [2.05, 4.69) is 5.32 Å². The highest BCUT2D eigenvalue weighted by atomic mass is 35.5. The highest BCUT2D eigenvalue weighted by Gasteiger charge is 2.31. The number of methoxy groups -OCH3 is 1. The van der Waals surface area contributed by atoms with Crippen LogP contribution in [0.1, 0.15) is 12.8 Å². The van der Waals surface area contributed by atoms with E-state index in [9.17, 15) is 8.42 Å². The first-order valence-electron chi connectivity index (χ1n) is 6.60. The van der Waals surface area contributed by atoms with Gasteiger partial charge in [0.05, 0.1) is 17.2 Å². The number of nitrogens with one attached hydrogen (secondary N) is 1. The topological polar surface area (TPSA) is 58.6 Å². The van der Waals surface area contributed by atoms with Crippen LogP contribution in [0.25, 0.3) is 0 Å². The summed E-state index contributed by atoms with van der Waals surface area (Å²) in [5, 5.41) is 3.51. The van der Waals surface area contributed by atoms with E-state index >= 15 is 0 Å². The van der Waals surface area contributed by atoms with Crippen molar-refractivity contribution in [3.8, 4) is 5.75 Å². The third kappa shape index (κ3) is 3.99. The Morgan fingerprint density at radius 2 is 1.82 bits per heavy atom. The molecule has 1 aliphatic rings. The summed E-state index contributed by atoms with van der Waals surface area (Å²) < 4.78 is 31.8. The average molecular weight is 390 g/mol. The lowest BCUT2D eigenvalue weighted by molar-refractivity contribution is 0.298. The molecule has 1 fully saturated rings. The Bertz CT molecular complexity index is 617. The third-order valence-electron chi connectivity index (χ3n) is 3.69. The van der Waals surface area contributed by atoms with Gasteiger partial charge in [0, 0.05) is 25.2 Å². The number of ether oxygens (including phenoxy) is 1. The van der Waals surface area contributed by atoms with Crippen LogP contribution in [-0.4, -0.2) is 46.0 Å². The van der Waals surface area contributed by atoms with Gasteiger partial charge in [0.1, 0.15) is 10.6 Å². The van der Waals surface area contributed by atoms with Crippen LogP contribution in [0.2, 0.25) is 10.0 Å². The number of hydrogen-bond acceptors (Lipinski definition) is 4. The van der Waals surface area contributed by atoms with Gasteiger partial charge in [-0.25, -0.2) is 8.42 Å². The third-order valence-corrected chi connectivity index (χ3v) is 6.35. The highest BCUT2D eigenvalue weighted by Crippen LogP contribution is 2.35. The van der Waals surface area contributed by atoms with E-state index < -0.39 is 10.0 Å². The fourth-order valence-corrected chi connectivity index (χ4v) is 4.68. The van der Waals surface area contributed by atoms with Crippen LogP contribution in [0, 0.1) is 0 Å². The summed E-state index contributed by atoms with van der Waals surface area (Å²) in [5.41, 5.74) is 0. The minimum atomic E-state index is -3.64. The van der Waals surface area contributed by atoms with Gasteiger partial charge in [-0.2, -0.15) is 4.31 Å². The maximum atomic E-state index is 12.7. The molecule has 0 bridgehead atoms. The van der Waals surface area contributed by atoms with Crippen LogP contribution in [0.3, 0.4) is 0 Å². The zero-order valence-corrected chi connectivity index (χ0v) is 15.4. The van der Waals surface area contributed by atoms with Crippen LogP contribution < -0.4 is 10.1 Å². The fourth-order valence-electron chi connectivity index (χ4n) is 2.39. The van der Waals surface area contributed by atoms with Crippen molar-refractivity contribution in [2.24, 2.45) is 0 Å². The molecule has 0 unspecified atom stereocenters. The zero-order chi connectivity index (χ0) is 15.6. The van der Waals surface area contributed by atoms with E-state index in [0.717, 1.165) is 12.8 Å². The summed E-state index contributed by atoms with van der Waals surface area (Å²) in [4.78, 5) is 0.0258. The summed E-state index contributed by atoms with van der Waals surface area (Å²) in [5.74, 6) is 0.356. The Kier molecular flexibility index (Phi) is 7.23. The second-order valence-electron chi connectivity index (χ2n) is 4.88. The Morgan fingerprint density at radius 3 is 2.32 bits per heavy atom. The lowest BCUT2D eigenvalue weighted by atomic mass is 10.1. The second-order valence-corrected chi connectivity index (χ2v) is 7.60. The SMILES string of the molecule is CNC1CCN(S(=O)(=O)c2cc(Cl)c(OC)cc2Cl)CC1.Cl. The first-order valence-corrected chi connectivity index (χ1v) is 8.80. The molecule has 0 saturated carbocycles. The maximum Gasteiger partial charge on any atom is 0.244 e. The average Bonchev–Trinajstić information content (AvgIpc) is 2.49. The number of rotatable bonds is 4. The van der Waals surface area contributed by atoms with E-state index in [1.165, 1.54) is 23.5 Å². The molecular weight excluding hydrogens is 371 g/mol. The molecule has 0 aliphatic carbocycles. The first-order chi connectivity index (χ1) is 9.90. The summed E-state index contributed by atoms with van der Waals surface area (Å²) in [6.45, 7) is 0.932. The minimum absolute atomic E-state index is 0. The largest absolute Gasteiger partial charge is 0.495 e. The molecule has 126 valence electrons. The lowest BCUT2D eigenvalue weighted by Gasteiger charge is -2.31. The van der Waals surface area contributed by atoms with Crippen molar-refractivity contribution < 1.29 is 13.2 Å². The van der Waals surface area contributed by atoms with Crippen LogP contribution in [0.5, 0.6) is 5.75 Å². The Labute approximate surface area is 147 Å². The Hall–Kier alpha value is -0.240. The van der Waals surface area contributed by atoms with Crippen molar-refractivity contribution in [3.63, 3.8) is 0 Å². The maximum absolute atomic E-state index is 12.7. The molecule has 1 aromatic carbocycles. The predicted octanol–water partition coefficient (Wildman–Crippen LogP) is 2.80. The first kappa shape index (κ1) is 19.8. The molecule has 5 nitrogen and oxygen atoms in total. The molecule has 22 heavy (non-hydrogen) atoms. The van der Waals surface area contributed by atoms with Crippen LogP contribution in [0.4, 0.5) is 0 Å². The molecule has 0 atom stereocenters. The highest BCUT2D eigenvalue weighted by molar-refractivity contribution is 7.89. The van der Waals surface area contributed by atoms with Gasteiger partial charge >= 0.3 is 0 Å². The molecule has 1 saturated heterocycles. The van der Waals surface area contributed by atoms with Crippen molar-refractivity contribution >= 4 is 45.6 Å². The smallest absolute Gasteiger partial charge is 0.244 e. The molecule has 9 heteroatoms. The molecule has 0 radical (unpaired) electrons. The number of sulfonamides is 1. The Morgan fingerprint density at radius 1 is 1.23 bits per heavy atom. The van der Waals surface area contributed by atoms with Gasteiger partial charge in [-0.05, 0) is 26.0 Å². The normalized spacial score (nSPS) is 17.1. The predicted molar refractivity (Wildman–Crippen MR) is 91.1 cm³/mol. The minimum Gasteiger partial charge on any atom is -0.495 e. The number of halogens is 3. The molecule has 0 aromatic heterocycles. The van der Waals surface area contributed by atoms with E-state index in [-0.39, 0.29) is 27.3 Å². The van der Waals surface area contributed by atoms with Gasteiger partial charge in [-0.3, -0.25) is 0 Å². The van der Waals surface area contributed by atoms with Gasteiger partial charge < -0.3 is 10.1 Å². The summed E-state index contributed by atoms with van der Waals surface area (Å²) >= 11 is 12.1. The van der Waals surface area contributed by atoms with E-state index in [1.807, 2.05) is 7.05 Å². The quantitative estimate of drug-likeness (QED) is 0.860. The van der Waals surface area contributed by atoms with Crippen LogP contribution >= 0.6 is 35.6 Å². The van der Waals surface area contributed by atoms with Crippen molar-refractivity contribution in [3.05, 3.63) is 22.2 Å². The number of hydrogen-bond donors (Lipinski definition) is 1. The fraction of sp³-hybridized carbons (Fsp3) is 0.538. The van der Waals surface area contributed by atoms with E-state index in [4.69, 9.17) is 27.9 Å². The number of benzene rings is 1. The van der Waals surface area contributed by atoms with E-state index in [1.54, 1.807) is 0 Å². The molecule has 1 aliphatic heterocycles. The monoisotopic (exact) mass is 388 g/mol. The van der Waals surface area contributed by atoms with Gasteiger partial charge in [-0.15, -0.1) is 12.4 Å². The van der Waals surface area contributed by atoms with Crippen molar-refractivity contribution in [2.45, 2.75) is 23.8 Å². The summed E-state index contributed by atoms with van der Waals surface area (Å²) in [7, 11) is -0.302. The van der Waals surface area contributed by atoms with Crippen molar-refractivity contribution in [1.29, 1.82) is 0 Å². The number of nitrogens with zero attached hydrogens (tertiary/aromatic N) is 1. The lowest BCUT2D eigenvalue weighted by Crippen LogP contribution is -2.43. The Balaban J connectivity index is 0.00000242. The van der Waals surface area contributed by atoms with Gasteiger partial charge in [0.2, 0.25) is 10.0 Å². The molecule has 1 heterocycles. The van der Waals surface area contributed by atoms with Crippen molar-refractivity contribution in [2.75, 3.05) is 27.2 Å². The number of piperidine rings is 1. The molecule has 0 spiro atoms. The molecular formula is C13H19Cl3N2O3S. The second kappa shape index (κ2) is 8.04. The summed E-state index contributed by atoms with van der Waals surface area (Å²) in [6.07, 6.45) is 1.55. The van der Waals surface area contributed by atoms with Crippen LogP contribution in [0.15, 0.2) is 17.0 Å². The molecule has 1 N–H and O–H groups in total. The summed E-state index contributed by atoms with van der Waals surface area (Å²) in [6, 6.07) is 3.13. The molecule has 0 amide bonds. The van der Waals surface area contributed by atoms with E-state index in [0.29, 0.717) is 24.9 Å². The van der Waals surface area contributed by atoms with Gasteiger partial charge in [-0.1, -0.05) is 23.2 Å². The standard InChI is InChI=1S/C13H18Cl2N2O3S.ClH/c1-16-9-3-5-17(6-4-9)21(18,19)13-8-10(14)12(20-2)7-11(13)15;/h7-9,16H,3-6H2,1-2H3;1H. The van der Waals surface area contributed by atoms with Crippen LogP contribution in [-0.2, 0) is 10.0 Å². The van der Waals surface area contributed by atoms with Crippen molar-refractivity contribution in [1.82, 2.24) is 9.62 Å². The molecule has 2 rings (SSSR count). The molecule has 1 aromatic rings. The van der Waals surface area contributed by atoms with Gasteiger partial charge in [0.25, 0.3) is 0 Å². The van der Waals surface area contributed by atoms with Gasteiger partial charge in [0.15, 0.2) is 0 Å².